The molecular weight excluding hydrogens is 249 g/mol. The van der Waals surface area contributed by atoms with Gasteiger partial charge in [0.1, 0.15) is 10.8 Å². The smallest absolute Gasteiger partial charge is 0.146 e. The molecule has 1 aromatic rings. The van der Waals surface area contributed by atoms with Crippen LogP contribution in [0.5, 0.6) is 0 Å². The molecule has 0 atom stereocenters. The number of hydrogen-bond acceptors (Lipinski definition) is 3. The van der Waals surface area contributed by atoms with E-state index >= 15 is 0 Å². The highest BCUT2D eigenvalue weighted by Crippen LogP contribution is 2.20. The molecule has 0 spiro atoms. The number of nitrogens with two attached hydrogens (primary N) is 1. The van der Waals surface area contributed by atoms with E-state index in [0.717, 1.165) is 25.9 Å². The number of nitrogens with one attached hydrogen (secondary N) is 1. The number of anilines is 1. The van der Waals surface area contributed by atoms with Gasteiger partial charge in [-0.2, -0.15) is 0 Å². The minimum atomic E-state index is -0.292. The number of thiocarbonyl (C=S) groups is 1. The normalized spacial score (nSPS) is 17.7. The summed E-state index contributed by atoms with van der Waals surface area (Å²) in [4.78, 5) is 2.50. The maximum absolute atomic E-state index is 13.9. The summed E-state index contributed by atoms with van der Waals surface area (Å²) in [6.45, 7) is 2.09. The van der Waals surface area contributed by atoms with E-state index in [1.807, 2.05) is 0 Å². The van der Waals surface area contributed by atoms with Gasteiger partial charge in [0.05, 0.1) is 5.69 Å². The van der Waals surface area contributed by atoms with Crippen molar-refractivity contribution in [2.75, 3.05) is 25.5 Å². The zero-order valence-electron chi connectivity index (χ0n) is 10.4. The third-order valence-electron chi connectivity index (χ3n) is 3.33. The van der Waals surface area contributed by atoms with Crippen LogP contribution in [0.4, 0.5) is 10.1 Å². The molecule has 0 amide bonds. The standard InChI is InChI=1S/C13H18FN3S/c1-17-6-4-10(5-7-17)16-12-3-2-9(13(15)18)8-11(12)14/h2-3,8,10,16H,4-7H2,1H3,(H2,15,18). The van der Waals surface area contributed by atoms with Crippen molar-refractivity contribution in [3.63, 3.8) is 0 Å². The lowest BCUT2D eigenvalue weighted by molar-refractivity contribution is 0.263. The molecule has 2 rings (SSSR count). The molecule has 1 heterocycles. The van der Waals surface area contributed by atoms with Crippen LogP contribution < -0.4 is 11.1 Å². The van der Waals surface area contributed by atoms with Gasteiger partial charge in [0.25, 0.3) is 0 Å². The molecular formula is C13H18FN3S. The summed E-state index contributed by atoms with van der Waals surface area (Å²) < 4.78 is 13.9. The van der Waals surface area contributed by atoms with Crippen molar-refractivity contribution >= 4 is 22.9 Å². The molecule has 0 radical (unpaired) electrons. The summed E-state index contributed by atoms with van der Waals surface area (Å²) in [5.74, 6) is -0.292. The van der Waals surface area contributed by atoms with Gasteiger partial charge in [-0.25, -0.2) is 4.39 Å². The summed E-state index contributed by atoms with van der Waals surface area (Å²) in [5.41, 5.74) is 6.57. The first-order chi connectivity index (χ1) is 8.56. The molecule has 0 aromatic heterocycles. The molecule has 1 aliphatic heterocycles. The topological polar surface area (TPSA) is 41.3 Å². The number of hydrogen-bond donors (Lipinski definition) is 2. The largest absolute Gasteiger partial charge is 0.389 e. The Bertz CT molecular complexity index is 442. The maximum Gasteiger partial charge on any atom is 0.146 e. The summed E-state index contributed by atoms with van der Waals surface area (Å²) in [6.07, 6.45) is 2.07. The van der Waals surface area contributed by atoms with E-state index < -0.39 is 0 Å². The van der Waals surface area contributed by atoms with Crippen LogP contribution in [0.1, 0.15) is 18.4 Å². The molecule has 1 fully saturated rings. The van der Waals surface area contributed by atoms with E-state index in [0.29, 0.717) is 17.3 Å². The van der Waals surface area contributed by atoms with Gasteiger partial charge < -0.3 is 16.0 Å². The first-order valence-electron chi connectivity index (χ1n) is 6.10. The first kappa shape index (κ1) is 13.2. The lowest BCUT2D eigenvalue weighted by Crippen LogP contribution is -2.36. The molecule has 0 unspecified atom stereocenters. The Hall–Kier alpha value is -1.20. The van der Waals surface area contributed by atoms with E-state index in [1.54, 1.807) is 12.1 Å². The number of nitrogens with zero attached hydrogens (tertiary/aromatic N) is 1. The molecule has 0 saturated carbocycles. The van der Waals surface area contributed by atoms with E-state index in [4.69, 9.17) is 18.0 Å². The van der Waals surface area contributed by atoms with Crippen molar-refractivity contribution in [1.29, 1.82) is 0 Å². The van der Waals surface area contributed by atoms with Gasteiger partial charge >= 0.3 is 0 Å². The Morgan fingerprint density at radius 2 is 2.11 bits per heavy atom. The lowest BCUT2D eigenvalue weighted by Gasteiger charge is -2.30. The van der Waals surface area contributed by atoms with Crippen LogP contribution in [0.2, 0.25) is 0 Å². The van der Waals surface area contributed by atoms with Gasteiger partial charge in [-0.05, 0) is 51.2 Å². The average molecular weight is 267 g/mol. The molecule has 5 heteroatoms. The molecule has 18 heavy (non-hydrogen) atoms. The third kappa shape index (κ3) is 3.17. The van der Waals surface area contributed by atoms with Crippen molar-refractivity contribution in [3.8, 4) is 0 Å². The van der Waals surface area contributed by atoms with Gasteiger partial charge in [0.15, 0.2) is 0 Å². The van der Waals surface area contributed by atoms with Crippen molar-refractivity contribution in [1.82, 2.24) is 4.90 Å². The highest BCUT2D eigenvalue weighted by atomic mass is 32.1. The fraction of sp³-hybridized carbons (Fsp3) is 0.462. The van der Waals surface area contributed by atoms with E-state index in [9.17, 15) is 4.39 Å². The number of halogens is 1. The van der Waals surface area contributed by atoms with Crippen molar-refractivity contribution in [2.24, 2.45) is 5.73 Å². The van der Waals surface area contributed by atoms with Crippen LogP contribution in [-0.4, -0.2) is 36.1 Å². The fourth-order valence-corrected chi connectivity index (χ4v) is 2.29. The van der Waals surface area contributed by atoms with Gasteiger partial charge in [0.2, 0.25) is 0 Å². The Balaban J connectivity index is 2.03. The molecule has 0 bridgehead atoms. The quantitative estimate of drug-likeness (QED) is 0.822. The van der Waals surface area contributed by atoms with Crippen LogP contribution in [0, 0.1) is 5.82 Å². The number of benzene rings is 1. The molecule has 1 saturated heterocycles. The van der Waals surface area contributed by atoms with Gasteiger partial charge in [-0.3, -0.25) is 0 Å². The van der Waals surface area contributed by atoms with E-state index in [1.165, 1.54) is 6.07 Å². The third-order valence-corrected chi connectivity index (χ3v) is 3.57. The predicted octanol–water partition coefficient (Wildman–Crippen LogP) is 1.97. The van der Waals surface area contributed by atoms with Crippen LogP contribution >= 0.6 is 12.2 Å². The molecule has 0 aliphatic carbocycles. The van der Waals surface area contributed by atoms with Crippen LogP contribution in [-0.2, 0) is 0 Å². The zero-order chi connectivity index (χ0) is 13.1. The SMILES string of the molecule is CN1CCC(Nc2ccc(C(N)=S)cc2F)CC1. The van der Waals surface area contributed by atoms with Crippen LogP contribution in [0.15, 0.2) is 18.2 Å². The van der Waals surface area contributed by atoms with Crippen molar-refractivity contribution < 1.29 is 4.39 Å². The first-order valence-corrected chi connectivity index (χ1v) is 6.51. The van der Waals surface area contributed by atoms with E-state index in [2.05, 4.69) is 17.3 Å². The van der Waals surface area contributed by atoms with Crippen LogP contribution in [0.25, 0.3) is 0 Å². The minimum Gasteiger partial charge on any atom is -0.389 e. The monoisotopic (exact) mass is 267 g/mol. The molecule has 98 valence electrons. The number of likely N-dealkylation sites (tertiary alicyclic amines) is 1. The average Bonchev–Trinajstić information content (AvgIpc) is 2.34. The van der Waals surface area contributed by atoms with Gasteiger partial charge in [0, 0.05) is 11.6 Å². The molecule has 1 aromatic carbocycles. The molecule has 3 N–H and O–H groups in total. The summed E-state index contributed by atoms with van der Waals surface area (Å²) in [5, 5.41) is 3.25. The van der Waals surface area contributed by atoms with Gasteiger partial charge in [-0.1, -0.05) is 12.2 Å². The highest BCUT2D eigenvalue weighted by molar-refractivity contribution is 7.80. The predicted molar refractivity (Wildman–Crippen MR) is 76.4 cm³/mol. The molecule has 3 nitrogen and oxygen atoms in total. The Kier molecular flexibility index (Phi) is 4.14. The van der Waals surface area contributed by atoms with Crippen LogP contribution in [0.3, 0.4) is 0 Å². The lowest BCUT2D eigenvalue weighted by atomic mass is 10.0. The number of piperidine rings is 1. The minimum absolute atomic E-state index is 0.222. The van der Waals surface area contributed by atoms with Gasteiger partial charge in [-0.15, -0.1) is 0 Å². The van der Waals surface area contributed by atoms with Crippen molar-refractivity contribution in [2.45, 2.75) is 18.9 Å². The molecule has 1 aliphatic rings. The second-order valence-electron chi connectivity index (χ2n) is 4.78. The Morgan fingerprint density at radius 3 is 2.67 bits per heavy atom. The fourth-order valence-electron chi connectivity index (χ4n) is 2.16. The number of rotatable bonds is 3. The second kappa shape index (κ2) is 5.63. The van der Waals surface area contributed by atoms with E-state index in [-0.39, 0.29) is 10.8 Å². The summed E-state index contributed by atoms with van der Waals surface area (Å²) in [7, 11) is 2.10. The maximum atomic E-state index is 13.9. The Labute approximate surface area is 112 Å². The summed E-state index contributed by atoms with van der Waals surface area (Å²) >= 11 is 4.82. The highest BCUT2D eigenvalue weighted by Gasteiger charge is 2.17. The second-order valence-corrected chi connectivity index (χ2v) is 5.22. The van der Waals surface area contributed by atoms with Crippen molar-refractivity contribution in [3.05, 3.63) is 29.6 Å². The Morgan fingerprint density at radius 1 is 1.44 bits per heavy atom. The zero-order valence-corrected chi connectivity index (χ0v) is 11.3. The summed E-state index contributed by atoms with van der Waals surface area (Å²) in [6, 6.07) is 5.19.